The molecule has 5 aliphatic heterocycles. The van der Waals surface area contributed by atoms with E-state index >= 15 is 0 Å². The Morgan fingerprint density at radius 2 is 1.73 bits per heavy atom. The monoisotopic (exact) mass is 1080 g/mol. The second kappa shape index (κ2) is 23.1. The number of piperazine rings is 1. The molecular weight excluding hydrogens is 1020 g/mol. The Morgan fingerprint density at radius 1 is 0.948 bits per heavy atom. The number of piperidine rings is 1. The minimum Gasteiger partial charge on any atom is -0.487 e. The number of nitrogens with one attached hydrogen (secondary N) is 3. The molecule has 3 fully saturated rings. The number of fused-ring (bicyclic) bond motifs is 3. The number of aromatic nitrogens is 2. The van der Waals surface area contributed by atoms with E-state index in [0.29, 0.717) is 59.7 Å². The summed E-state index contributed by atoms with van der Waals surface area (Å²) in [6.45, 7) is 8.00. The number of hydrogen-bond acceptors (Lipinski definition) is 13. The molecule has 2 atom stereocenters. The Bertz CT molecular complexity index is 3180. The first kappa shape index (κ1) is 53.9. The average Bonchev–Trinajstić information content (AvgIpc) is 4.04. The van der Waals surface area contributed by atoms with E-state index in [1.54, 1.807) is 18.2 Å². The number of amides is 6. The number of nitrogens with zero attached hydrogens (tertiary/aromatic N) is 8. The molecule has 0 aliphatic carbocycles. The van der Waals surface area contributed by atoms with Crippen LogP contribution in [0.5, 0.6) is 11.8 Å². The van der Waals surface area contributed by atoms with Crippen LogP contribution in [0.2, 0.25) is 5.02 Å². The highest BCUT2D eigenvalue weighted by Crippen LogP contribution is 2.39. The number of carbonyl (C=O) groups excluding carboxylic acids is 5. The molecule has 5 aliphatic rings. The molecule has 0 spiro atoms. The van der Waals surface area contributed by atoms with Gasteiger partial charge in [0.2, 0.25) is 11.8 Å². The number of likely N-dealkylation sites (tertiary alicyclic amines) is 1. The van der Waals surface area contributed by atoms with Gasteiger partial charge in [0.1, 0.15) is 24.2 Å². The van der Waals surface area contributed by atoms with Crippen LogP contribution in [0.4, 0.5) is 35.2 Å². The summed E-state index contributed by atoms with van der Waals surface area (Å²) in [6.07, 6.45) is -1.07. The molecule has 402 valence electrons. The molecule has 3 N–H and O–H groups in total. The summed E-state index contributed by atoms with van der Waals surface area (Å²) in [5.41, 5.74) is 2.78. The minimum atomic E-state index is -4.77. The van der Waals surface area contributed by atoms with Gasteiger partial charge in [-0.3, -0.25) is 24.5 Å². The van der Waals surface area contributed by atoms with Crippen molar-refractivity contribution in [1.82, 2.24) is 35.3 Å². The van der Waals surface area contributed by atoms with Crippen molar-refractivity contribution in [3.05, 3.63) is 123 Å². The molecule has 1 aromatic heterocycles. The van der Waals surface area contributed by atoms with Crippen LogP contribution in [0, 0.1) is 11.3 Å². The minimum absolute atomic E-state index is 0.0249. The van der Waals surface area contributed by atoms with Crippen molar-refractivity contribution in [3.63, 3.8) is 0 Å². The third-order valence-corrected chi connectivity index (χ3v) is 14.7. The molecule has 3 saturated heterocycles. The molecule has 2 unspecified atom stereocenters. The molecule has 0 saturated carbocycles. The molecular formula is C55H57ClF3N11O7. The van der Waals surface area contributed by atoms with Gasteiger partial charge in [-0.25, -0.2) is 4.79 Å². The summed E-state index contributed by atoms with van der Waals surface area (Å²) in [6, 6.07) is 19.3. The molecule has 18 nitrogen and oxygen atoms in total. The number of anilines is 3. The van der Waals surface area contributed by atoms with Crippen LogP contribution in [0.3, 0.4) is 0 Å². The summed E-state index contributed by atoms with van der Waals surface area (Å²) >= 11 is 6.69. The van der Waals surface area contributed by atoms with E-state index in [1.807, 2.05) is 41.3 Å². The fourth-order valence-corrected chi connectivity index (χ4v) is 10.7. The first-order chi connectivity index (χ1) is 37.0. The van der Waals surface area contributed by atoms with Crippen LogP contribution >= 0.6 is 11.6 Å². The van der Waals surface area contributed by atoms with E-state index in [1.165, 1.54) is 42.8 Å². The van der Waals surface area contributed by atoms with Crippen LogP contribution in [-0.4, -0.2) is 126 Å². The fraction of sp³-hybridized carbons (Fsp3) is 0.382. The SMILES string of the molecule is C=C(COc1ccc(C(F)(F)F)cc1NC(=O)NCc1ccc2c(c1)CN(C1CCC(=O)NC1=O)C2=O)C(=O)N1CCN(c2nc(OC)nc3c2CCN(c2cccc4cccc(Cl)c24)C3)CC1CC#N.CN1CCCC1. The van der Waals surface area contributed by atoms with Crippen molar-refractivity contribution in [2.24, 2.45) is 0 Å². The number of benzene rings is 4. The van der Waals surface area contributed by atoms with Gasteiger partial charge in [-0.05, 0) is 98.7 Å². The molecule has 0 radical (unpaired) electrons. The lowest BCUT2D eigenvalue weighted by Gasteiger charge is -2.42. The maximum Gasteiger partial charge on any atom is 0.416 e. The first-order valence-electron chi connectivity index (χ1n) is 25.3. The van der Waals surface area contributed by atoms with E-state index in [-0.39, 0.29) is 74.4 Å². The number of imide groups is 1. The van der Waals surface area contributed by atoms with E-state index in [0.717, 1.165) is 39.8 Å². The van der Waals surface area contributed by atoms with Gasteiger partial charge in [0.25, 0.3) is 11.8 Å². The van der Waals surface area contributed by atoms with Crippen molar-refractivity contribution in [3.8, 4) is 17.8 Å². The standard InChI is InChI=1S/C50H46ClF3N10O7.C5H11N/c1-28(27-71-41-13-10-32(50(52,53)54)22-37(41)57-48(69)56-23-29-9-11-34-31(21-29)24-64(47(34)68)40-12-14-42(65)59-45(40)66)46(67)63-20-19-62(25-33(63)15-17-55)44-35-16-18-61(26-38(35)58-49(60-44)70-2)39-8-4-6-30-5-3-7-36(51)43(30)39;1-6-4-2-3-5-6/h3-11,13,21-22,33,40H,1,12,14-16,18-20,23-27H2,2H3,(H2,56,57,69)(H,59,65,66);2-5H2,1H3. The van der Waals surface area contributed by atoms with Gasteiger partial charge < -0.3 is 44.6 Å². The summed E-state index contributed by atoms with van der Waals surface area (Å²) in [4.78, 5) is 83.5. The molecule has 77 heavy (non-hydrogen) atoms. The van der Waals surface area contributed by atoms with Gasteiger partial charge in [-0.15, -0.1) is 0 Å². The number of nitriles is 1. The van der Waals surface area contributed by atoms with Crippen molar-refractivity contribution in [2.75, 3.05) is 75.1 Å². The van der Waals surface area contributed by atoms with Crippen molar-refractivity contribution < 1.29 is 46.6 Å². The highest BCUT2D eigenvalue weighted by Gasteiger charge is 2.40. The van der Waals surface area contributed by atoms with Gasteiger partial charge in [0.15, 0.2) is 0 Å². The highest BCUT2D eigenvalue weighted by atomic mass is 35.5. The first-order valence-corrected chi connectivity index (χ1v) is 25.7. The number of methoxy groups -OCH3 is 1. The Morgan fingerprint density at radius 3 is 2.44 bits per heavy atom. The molecule has 0 bridgehead atoms. The Hall–Kier alpha value is -7.96. The smallest absolute Gasteiger partial charge is 0.416 e. The van der Waals surface area contributed by atoms with Crippen LogP contribution < -0.4 is 35.2 Å². The summed E-state index contributed by atoms with van der Waals surface area (Å²) in [5, 5.41) is 19.8. The van der Waals surface area contributed by atoms with Crippen molar-refractivity contribution >= 4 is 69.2 Å². The summed E-state index contributed by atoms with van der Waals surface area (Å²) < 4.78 is 53.1. The lowest BCUT2D eigenvalue weighted by molar-refractivity contribution is -0.138. The maximum absolute atomic E-state index is 14.0. The van der Waals surface area contributed by atoms with Crippen LogP contribution in [0.25, 0.3) is 10.8 Å². The fourth-order valence-electron chi connectivity index (χ4n) is 10.4. The van der Waals surface area contributed by atoms with Crippen molar-refractivity contribution in [2.45, 2.75) is 76.4 Å². The zero-order chi connectivity index (χ0) is 54.5. The number of halogens is 4. The second-order valence-corrected chi connectivity index (χ2v) is 19.9. The van der Waals surface area contributed by atoms with Gasteiger partial charge in [0.05, 0.1) is 54.2 Å². The lowest BCUT2D eigenvalue weighted by Crippen LogP contribution is -2.56. The predicted molar refractivity (Wildman–Crippen MR) is 281 cm³/mol. The molecule has 6 heterocycles. The molecule has 4 aromatic carbocycles. The Balaban J connectivity index is 0.00000113. The largest absolute Gasteiger partial charge is 0.487 e. The molecule has 5 aromatic rings. The highest BCUT2D eigenvalue weighted by molar-refractivity contribution is 6.36. The number of ether oxygens (including phenoxy) is 2. The van der Waals surface area contributed by atoms with Crippen molar-refractivity contribution in [1.29, 1.82) is 5.26 Å². The molecule has 6 amide bonds. The van der Waals surface area contributed by atoms with Gasteiger partial charge in [-0.1, -0.05) is 54.6 Å². The second-order valence-electron chi connectivity index (χ2n) is 19.5. The van der Waals surface area contributed by atoms with Crippen LogP contribution in [-0.2, 0) is 46.6 Å². The predicted octanol–water partition coefficient (Wildman–Crippen LogP) is 7.23. The quantitative estimate of drug-likeness (QED) is 0.0834. The average molecular weight is 1080 g/mol. The zero-order valence-electron chi connectivity index (χ0n) is 42.6. The maximum atomic E-state index is 14.0. The van der Waals surface area contributed by atoms with Crippen LogP contribution in [0.1, 0.15) is 70.4 Å². The summed E-state index contributed by atoms with van der Waals surface area (Å²) in [7, 11) is 3.66. The number of urea groups is 1. The van der Waals surface area contributed by atoms with Gasteiger partial charge in [0, 0.05) is 73.5 Å². The van der Waals surface area contributed by atoms with Gasteiger partial charge in [-0.2, -0.15) is 28.4 Å². The third kappa shape index (κ3) is 12.0. The normalized spacial score (nSPS) is 18.4. The number of alkyl halides is 3. The summed E-state index contributed by atoms with van der Waals surface area (Å²) in [5.74, 6) is -1.37. The molecule has 22 heteroatoms. The number of rotatable bonds is 12. The molecule has 10 rings (SSSR count). The van der Waals surface area contributed by atoms with E-state index < -0.39 is 54.2 Å². The third-order valence-electron chi connectivity index (χ3n) is 14.4. The zero-order valence-corrected chi connectivity index (χ0v) is 43.3. The number of carbonyl (C=O) groups is 5. The van der Waals surface area contributed by atoms with E-state index in [2.05, 4.69) is 45.4 Å². The van der Waals surface area contributed by atoms with Gasteiger partial charge >= 0.3 is 18.2 Å². The van der Waals surface area contributed by atoms with E-state index in [4.69, 9.17) is 31.0 Å². The Kier molecular flexibility index (Phi) is 16.2. The van der Waals surface area contributed by atoms with E-state index in [9.17, 15) is 42.4 Å². The van der Waals surface area contributed by atoms with Crippen LogP contribution in [0.15, 0.2) is 84.9 Å². The lowest BCUT2D eigenvalue weighted by atomic mass is 10.0. The number of hydrogen-bond donors (Lipinski definition) is 3. The Labute approximate surface area is 447 Å². The topological polar surface area (TPSA) is 206 Å².